The maximum Gasteiger partial charge on any atom is 0.397 e. The van der Waals surface area contributed by atoms with E-state index in [0.717, 1.165) is 0 Å². The molecule has 2 aliphatic rings. The fourth-order valence-corrected chi connectivity index (χ4v) is 4.23. The van der Waals surface area contributed by atoms with E-state index in [1.54, 1.807) is 13.8 Å². The molecule has 2 heterocycles. The van der Waals surface area contributed by atoms with Gasteiger partial charge in [0.05, 0.1) is 12.2 Å². The first kappa shape index (κ1) is 25.5. The molecule has 2 fully saturated rings. The highest BCUT2D eigenvalue weighted by atomic mass is 32.3. The fourth-order valence-electron chi connectivity index (χ4n) is 3.74. The van der Waals surface area contributed by atoms with Crippen LogP contribution < -0.4 is 0 Å². The molecular formula is C17H30O12S. The number of methoxy groups -OCH3 is 2. The Kier molecular flexibility index (Phi) is 8.72. The van der Waals surface area contributed by atoms with E-state index >= 15 is 0 Å². The molecule has 10 atom stereocenters. The topological polar surface area (TPSA) is 167 Å². The van der Waals surface area contributed by atoms with E-state index in [9.17, 15) is 23.4 Å². The van der Waals surface area contributed by atoms with Crippen LogP contribution >= 0.6 is 0 Å². The lowest BCUT2D eigenvalue weighted by atomic mass is 9.90. The molecule has 0 aromatic rings. The van der Waals surface area contributed by atoms with Crippen molar-refractivity contribution < 1.29 is 55.8 Å². The summed E-state index contributed by atoms with van der Waals surface area (Å²) in [6.45, 7) is 4.64. The van der Waals surface area contributed by atoms with Crippen LogP contribution in [0.25, 0.3) is 0 Å². The first-order valence-electron chi connectivity index (χ1n) is 9.49. The average Bonchev–Trinajstić information content (AvgIpc) is 2.67. The second-order valence-electron chi connectivity index (χ2n) is 7.35. The lowest BCUT2D eigenvalue weighted by Crippen LogP contribution is -2.64. The Bertz CT molecular complexity index is 682. The van der Waals surface area contributed by atoms with Gasteiger partial charge in [0, 0.05) is 20.1 Å². The molecule has 3 N–H and O–H groups in total. The molecule has 10 unspecified atom stereocenters. The number of rotatable bonds is 8. The number of carbonyl (C=O) groups excluding carboxylic acids is 1. The van der Waals surface area contributed by atoms with Crippen LogP contribution in [-0.4, -0.2) is 98.5 Å². The maximum atomic E-state index is 12.0. The van der Waals surface area contributed by atoms with Gasteiger partial charge in [0.25, 0.3) is 0 Å². The molecule has 0 aromatic heterocycles. The lowest BCUT2D eigenvalue weighted by Gasteiger charge is -2.47. The zero-order valence-corrected chi connectivity index (χ0v) is 18.2. The summed E-state index contributed by atoms with van der Waals surface area (Å²) in [7, 11) is -2.41. The fraction of sp³-hybridized carbons (Fsp3) is 0.941. The third-order valence-electron chi connectivity index (χ3n) is 5.33. The molecule has 0 aliphatic carbocycles. The predicted octanol–water partition coefficient (Wildman–Crippen LogP) is -0.972. The number of Topliss-reactive ketones (excluding diaryl/α,β-unsaturated/α-hetero) is 1. The Labute approximate surface area is 175 Å². The van der Waals surface area contributed by atoms with E-state index in [2.05, 4.69) is 4.18 Å². The van der Waals surface area contributed by atoms with Crippen molar-refractivity contribution in [3.05, 3.63) is 0 Å². The van der Waals surface area contributed by atoms with Gasteiger partial charge in [-0.25, -0.2) is 4.18 Å². The minimum Gasteiger partial charge on any atom is -0.390 e. The summed E-state index contributed by atoms with van der Waals surface area (Å²) < 4.78 is 63.8. The number of hydrogen-bond donors (Lipinski definition) is 3. The van der Waals surface area contributed by atoms with Gasteiger partial charge in [-0.15, -0.1) is 0 Å². The van der Waals surface area contributed by atoms with Gasteiger partial charge in [-0.3, -0.25) is 9.35 Å². The molecule has 0 aromatic carbocycles. The van der Waals surface area contributed by atoms with Crippen LogP contribution in [0.5, 0.6) is 0 Å². The third kappa shape index (κ3) is 5.54. The van der Waals surface area contributed by atoms with Gasteiger partial charge in [0.1, 0.15) is 24.4 Å². The van der Waals surface area contributed by atoms with E-state index in [1.807, 2.05) is 0 Å². The van der Waals surface area contributed by atoms with E-state index in [-0.39, 0.29) is 0 Å². The summed E-state index contributed by atoms with van der Waals surface area (Å²) in [6, 6.07) is 0. The van der Waals surface area contributed by atoms with Gasteiger partial charge in [-0.2, -0.15) is 8.42 Å². The zero-order chi connectivity index (χ0) is 22.8. The summed E-state index contributed by atoms with van der Waals surface area (Å²) in [5.41, 5.74) is 0. The largest absolute Gasteiger partial charge is 0.397 e. The molecule has 0 saturated carbocycles. The minimum absolute atomic E-state index is 0.393. The second-order valence-corrected chi connectivity index (χ2v) is 8.40. The van der Waals surface area contributed by atoms with Crippen LogP contribution in [0.2, 0.25) is 0 Å². The normalized spacial score (nSPS) is 42.8. The summed E-state index contributed by atoms with van der Waals surface area (Å²) in [5.74, 6) is -1.03. The molecule has 12 nitrogen and oxygen atoms in total. The van der Waals surface area contributed by atoms with Gasteiger partial charge < -0.3 is 33.9 Å². The molecule has 0 radical (unpaired) electrons. The van der Waals surface area contributed by atoms with Crippen molar-refractivity contribution in [3.8, 4) is 0 Å². The average molecular weight is 458 g/mol. The Morgan fingerprint density at radius 2 is 1.63 bits per heavy atom. The van der Waals surface area contributed by atoms with Gasteiger partial charge in [0.15, 0.2) is 24.5 Å². The van der Waals surface area contributed by atoms with E-state index < -0.39 is 77.4 Å². The Balaban J connectivity index is 2.35. The number of aliphatic hydroxyl groups is 2. The molecule has 0 amide bonds. The van der Waals surface area contributed by atoms with Crippen LogP contribution in [0.15, 0.2) is 0 Å². The minimum atomic E-state index is -5.03. The van der Waals surface area contributed by atoms with Crippen molar-refractivity contribution in [2.75, 3.05) is 14.2 Å². The Hall–Kier alpha value is -0.740. The first-order chi connectivity index (χ1) is 13.9. The SMILES string of the molecule is CCC1OC(OC)C(C)C(O)C1OC1OC(C(C)=O)C(OC)C(O)C1OS(=O)(=O)O. The van der Waals surface area contributed by atoms with Crippen LogP contribution in [0.3, 0.4) is 0 Å². The van der Waals surface area contributed by atoms with Crippen molar-refractivity contribution in [3.63, 3.8) is 0 Å². The highest BCUT2D eigenvalue weighted by molar-refractivity contribution is 7.80. The monoisotopic (exact) mass is 458 g/mol. The summed E-state index contributed by atoms with van der Waals surface area (Å²) in [4.78, 5) is 12.0. The van der Waals surface area contributed by atoms with Crippen molar-refractivity contribution in [1.29, 1.82) is 0 Å². The van der Waals surface area contributed by atoms with Crippen molar-refractivity contribution >= 4 is 16.2 Å². The molecule has 2 aliphatic heterocycles. The van der Waals surface area contributed by atoms with E-state index in [4.69, 9.17) is 28.2 Å². The van der Waals surface area contributed by atoms with Crippen molar-refractivity contribution in [2.45, 2.75) is 82.5 Å². The summed E-state index contributed by atoms with van der Waals surface area (Å²) in [6.07, 6.45) is -10.8. The Morgan fingerprint density at radius 3 is 2.10 bits per heavy atom. The van der Waals surface area contributed by atoms with Crippen molar-refractivity contribution in [1.82, 2.24) is 0 Å². The lowest BCUT2D eigenvalue weighted by molar-refractivity contribution is -0.341. The van der Waals surface area contributed by atoms with Crippen LogP contribution in [-0.2, 0) is 43.1 Å². The zero-order valence-electron chi connectivity index (χ0n) is 17.4. The number of ether oxygens (including phenoxy) is 5. The molecule has 2 rings (SSSR count). The third-order valence-corrected chi connectivity index (χ3v) is 5.80. The summed E-state index contributed by atoms with van der Waals surface area (Å²) >= 11 is 0. The predicted molar refractivity (Wildman–Crippen MR) is 98.6 cm³/mol. The van der Waals surface area contributed by atoms with Gasteiger partial charge in [-0.1, -0.05) is 13.8 Å². The van der Waals surface area contributed by atoms with Crippen LogP contribution in [0.1, 0.15) is 27.2 Å². The maximum absolute atomic E-state index is 12.0. The summed E-state index contributed by atoms with van der Waals surface area (Å²) in [5, 5.41) is 21.3. The molecule has 30 heavy (non-hydrogen) atoms. The van der Waals surface area contributed by atoms with Gasteiger partial charge in [0.2, 0.25) is 0 Å². The number of hydrogen-bond acceptors (Lipinski definition) is 11. The van der Waals surface area contributed by atoms with E-state index in [1.165, 1.54) is 21.1 Å². The molecule has 0 bridgehead atoms. The first-order valence-corrected chi connectivity index (χ1v) is 10.9. The Morgan fingerprint density at radius 1 is 1.00 bits per heavy atom. The van der Waals surface area contributed by atoms with Crippen molar-refractivity contribution in [2.24, 2.45) is 5.92 Å². The molecule has 176 valence electrons. The second kappa shape index (κ2) is 10.3. The standard InChI is InChI=1S/C17H30O12S/c1-6-9-13(10(19)7(2)16(25-5)26-9)28-17-15(29-30(21,22)23)11(20)14(24-4)12(27-17)8(3)18/h7,9-17,19-20H,6H2,1-5H3,(H,21,22,23). The van der Waals surface area contributed by atoms with Crippen LogP contribution in [0.4, 0.5) is 0 Å². The highest BCUT2D eigenvalue weighted by Gasteiger charge is 2.53. The quantitative estimate of drug-likeness (QED) is 0.381. The molecular weight excluding hydrogens is 428 g/mol. The van der Waals surface area contributed by atoms with Gasteiger partial charge >= 0.3 is 10.4 Å². The van der Waals surface area contributed by atoms with Gasteiger partial charge in [-0.05, 0) is 13.3 Å². The number of ketones is 1. The highest BCUT2D eigenvalue weighted by Crippen LogP contribution is 2.34. The molecule has 0 spiro atoms. The number of carbonyl (C=O) groups is 1. The smallest absolute Gasteiger partial charge is 0.390 e. The molecule has 2 saturated heterocycles. The molecule has 13 heteroatoms. The van der Waals surface area contributed by atoms with E-state index in [0.29, 0.717) is 6.42 Å². The van der Waals surface area contributed by atoms with Crippen LogP contribution in [0, 0.1) is 5.92 Å². The number of aliphatic hydroxyl groups excluding tert-OH is 2.